The molecule has 0 rings (SSSR count). The Balaban J connectivity index is 3.58. The molecule has 2 N–H and O–H groups in total. The molecule has 4 nitrogen and oxygen atoms in total. The topological polar surface area (TPSA) is 66.8 Å². The molecule has 0 amide bonds. The molecule has 0 saturated heterocycles. The van der Waals surface area contributed by atoms with E-state index in [4.69, 9.17) is 4.74 Å². The fraction of sp³-hybridized carbons (Fsp3) is 0.731. The first-order chi connectivity index (χ1) is 14.2. The van der Waals surface area contributed by atoms with Gasteiger partial charge in [0.05, 0.1) is 18.6 Å². The largest absolute Gasteiger partial charge is 0.460 e. The van der Waals surface area contributed by atoms with Crippen LogP contribution in [-0.2, 0) is 9.53 Å². The molecule has 4 heteroatoms. The van der Waals surface area contributed by atoms with E-state index < -0.39 is 23.8 Å². The Morgan fingerprint density at radius 1 is 0.833 bits per heavy atom. The van der Waals surface area contributed by atoms with E-state index in [1.54, 1.807) is 20.8 Å². The first-order valence-electron chi connectivity index (χ1n) is 11.8. The number of carbonyl (C=O) groups excluding carboxylic acids is 1. The summed E-state index contributed by atoms with van der Waals surface area (Å²) < 4.78 is 5.19. The molecule has 30 heavy (non-hydrogen) atoms. The third kappa shape index (κ3) is 21.3. The Bertz CT molecular complexity index is 500. The maximum atomic E-state index is 11.7. The van der Waals surface area contributed by atoms with Crippen LogP contribution in [0.3, 0.4) is 0 Å². The van der Waals surface area contributed by atoms with E-state index in [1.165, 1.54) is 19.3 Å². The molecule has 0 aliphatic carbocycles. The van der Waals surface area contributed by atoms with E-state index in [2.05, 4.69) is 43.4 Å². The van der Waals surface area contributed by atoms with E-state index in [9.17, 15) is 15.0 Å². The van der Waals surface area contributed by atoms with Crippen LogP contribution >= 0.6 is 0 Å². The van der Waals surface area contributed by atoms with Crippen LogP contribution in [0.2, 0.25) is 0 Å². The summed E-state index contributed by atoms with van der Waals surface area (Å²) in [6, 6.07) is 0. The van der Waals surface area contributed by atoms with Gasteiger partial charge in [-0.15, -0.1) is 0 Å². The molecule has 0 aliphatic heterocycles. The lowest BCUT2D eigenvalue weighted by atomic mass is 10.0. The summed E-state index contributed by atoms with van der Waals surface area (Å²) in [5.41, 5.74) is -0.548. The summed E-state index contributed by atoms with van der Waals surface area (Å²) in [6.07, 6.45) is 22.7. The summed E-state index contributed by atoms with van der Waals surface area (Å²) >= 11 is 0. The zero-order valence-electron chi connectivity index (χ0n) is 19.8. The molecule has 174 valence electrons. The minimum Gasteiger partial charge on any atom is -0.460 e. The normalized spacial score (nSPS) is 14.7. The van der Waals surface area contributed by atoms with Crippen molar-refractivity contribution < 1.29 is 19.7 Å². The van der Waals surface area contributed by atoms with Crippen LogP contribution in [0.15, 0.2) is 36.5 Å². The van der Waals surface area contributed by atoms with Crippen molar-refractivity contribution in [3.63, 3.8) is 0 Å². The number of ether oxygens (including phenoxy) is 1. The van der Waals surface area contributed by atoms with Crippen LogP contribution in [0.25, 0.3) is 0 Å². The number of aliphatic hydroxyl groups excluding tert-OH is 2. The second-order valence-electron chi connectivity index (χ2n) is 8.97. The molecule has 0 bridgehead atoms. The predicted octanol–water partition coefficient (Wildman–Crippen LogP) is 6.42. The summed E-state index contributed by atoms with van der Waals surface area (Å²) in [4.78, 5) is 11.7. The third-order valence-corrected chi connectivity index (χ3v) is 4.55. The van der Waals surface area contributed by atoms with E-state index >= 15 is 0 Å². The standard InChI is InChI=1S/C26H46O4/c1-5-6-7-8-9-10-11-12-13-14-15-16-17-18-19-20-23(27)21-24(28)22-25(29)30-26(2,3)4/h6-7,9-10,12-13,23-24,27-28H,5,8,11,14-22H2,1-4H3/t23-,24+/m1/s1. The number of rotatable bonds is 17. The number of carbonyl (C=O) groups is 1. The monoisotopic (exact) mass is 422 g/mol. The minimum absolute atomic E-state index is 0.0620. The van der Waals surface area contributed by atoms with Crippen molar-refractivity contribution in [1.29, 1.82) is 0 Å². The fourth-order valence-corrected chi connectivity index (χ4v) is 3.09. The van der Waals surface area contributed by atoms with Crippen LogP contribution in [0.5, 0.6) is 0 Å². The number of hydrogen-bond donors (Lipinski definition) is 2. The van der Waals surface area contributed by atoms with Gasteiger partial charge in [-0.1, -0.05) is 69.1 Å². The second kappa shape index (κ2) is 18.4. The van der Waals surface area contributed by atoms with Crippen molar-refractivity contribution in [2.24, 2.45) is 0 Å². The van der Waals surface area contributed by atoms with Crippen molar-refractivity contribution in [2.45, 2.75) is 123 Å². The van der Waals surface area contributed by atoms with Crippen molar-refractivity contribution in [1.82, 2.24) is 0 Å². The van der Waals surface area contributed by atoms with Crippen LogP contribution in [0, 0.1) is 0 Å². The van der Waals surface area contributed by atoms with Gasteiger partial charge in [-0.05, 0) is 65.7 Å². The highest BCUT2D eigenvalue weighted by atomic mass is 16.6. The Morgan fingerprint density at radius 2 is 1.40 bits per heavy atom. The van der Waals surface area contributed by atoms with Crippen LogP contribution in [0.4, 0.5) is 0 Å². The number of hydrogen-bond acceptors (Lipinski definition) is 4. The van der Waals surface area contributed by atoms with Crippen molar-refractivity contribution in [3.05, 3.63) is 36.5 Å². The van der Waals surface area contributed by atoms with Gasteiger partial charge in [-0.3, -0.25) is 4.79 Å². The van der Waals surface area contributed by atoms with Gasteiger partial charge in [0.2, 0.25) is 0 Å². The molecule has 0 spiro atoms. The zero-order chi connectivity index (χ0) is 22.7. The van der Waals surface area contributed by atoms with Crippen molar-refractivity contribution >= 4 is 5.97 Å². The summed E-state index contributed by atoms with van der Waals surface area (Å²) in [6.45, 7) is 7.55. The fourth-order valence-electron chi connectivity index (χ4n) is 3.09. The lowest BCUT2D eigenvalue weighted by Gasteiger charge is -2.21. The first kappa shape index (κ1) is 28.6. The maximum Gasteiger partial charge on any atom is 0.308 e. The average molecular weight is 423 g/mol. The number of esters is 1. The highest BCUT2D eigenvalue weighted by Crippen LogP contribution is 2.15. The highest BCUT2D eigenvalue weighted by molar-refractivity contribution is 5.70. The molecular weight excluding hydrogens is 376 g/mol. The maximum absolute atomic E-state index is 11.7. The Labute approximate surface area is 185 Å². The lowest BCUT2D eigenvalue weighted by molar-refractivity contribution is -0.157. The molecule has 0 saturated carbocycles. The quantitative estimate of drug-likeness (QED) is 0.161. The number of unbranched alkanes of at least 4 members (excludes halogenated alkanes) is 5. The molecule has 0 aromatic rings. The molecule has 0 fully saturated rings. The van der Waals surface area contributed by atoms with Gasteiger partial charge in [0.1, 0.15) is 5.60 Å². The van der Waals surface area contributed by atoms with Crippen molar-refractivity contribution in [2.75, 3.05) is 0 Å². The van der Waals surface area contributed by atoms with Crippen molar-refractivity contribution in [3.8, 4) is 0 Å². The molecule has 2 atom stereocenters. The summed E-state index contributed by atoms with van der Waals surface area (Å²) in [7, 11) is 0. The minimum atomic E-state index is -0.843. The summed E-state index contributed by atoms with van der Waals surface area (Å²) in [5.74, 6) is -0.420. The average Bonchev–Trinajstić information content (AvgIpc) is 2.63. The van der Waals surface area contributed by atoms with Gasteiger partial charge in [0.15, 0.2) is 0 Å². The summed E-state index contributed by atoms with van der Waals surface area (Å²) in [5, 5.41) is 20.0. The smallest absolute Gasteiger partial charge is 0.308 e. The van der Waals surface area contributed by atoms with E-state index in [-0.39, 0.29) is 12.8 Å². The highest BCUT2D eigenvalue weighted by Gasteiger charge is 2.20. The van der Waals surface area contributed by atoms with Crippen LogP contribution in [0.1, 0.15) is 105 Å². The number of aliphatic hydroxyl groups is 2. The van der Waals surface area contributed by atoms with Gasteiger partial charge < -0.3 is 14.9 Å². The molecule has 0 radical (unpaired) electrons. The Morgan fingerprint density at radius 3 is 2.03 bits per heavy atom. The van der Waals surface area contributed by atoms with E-state index in [0.717, 1.165) is 38.5 Å². The third-order valence-electron chi connectivity index (χ3n) is 4.55. The molecule has 0 heterocycles. The van der Waals surface area contributed by atoms with Gasteiger partial charge >= 0.3 is 5.97 Å². The zero-order valence-corrected chi connectivity index (χ0v) is 19.8. The molecule has 0 unspecified atom stereocenters. The van der Waals surface area contributed by atoms with E-state index in [0.29, 0.717) is 6.42 Å². The Hall–Kier alpha value is -1.39. The molecule has 0 aromatic heterocycles. The second-order valence-corrected chi connectivity index (χ2v) is 8.97. The van der Waals surface area contributed by atoms with Crippen LogP contribution in [-0.4, -0.2) is 34.0 Å². The molecule has 0 aromatic carbocycles. The molecule has 0 aliphatic rings. The predicted molar refractivity (Wildman–Crippen MR) is 126 cm³/mol. The van der Waals surface area contributed by atoms with Gasteiger partial charge in [-0.2, -0.15) is 0 Å². The molecular formula is C26H46O4. The van der Waals surface area contributed by atoms with Gasteiger partial charge in [-0.25, -0.2) is 0 Å². The SMILES string of the molecule is CCC=CCC=CCC=CCCCCCCC[C@@H](O)C[C@H](O)CC(=O)OC(C)(C)C. The number of allylic oxidation sites excluding steroid dienone is 6. The van der Waals surface area contributed by atoms with Gasteiger partial charge in [0, 0.05) is 0 Å². The van der Waals surface area contributed by atoms with E-state index in [1.807, 2.05) is 0 Å². The van der Waals surface area contributed by atoms with Gasteiger partial charge in [0.25, 0.3) is 0 Å². The first-order valence-corrected chi connectivity index (χ1v) is 11.8. The van der Waals surface area contributed by atoms with Crippen LogP contribution < -0.4 is 0 Å². The Kier molecular flexibility index (Phi) is 17.5. The lowest BCUT2D eigenvalue weighted by Crippen LogP contribution is -2.28.